The molecule has 2 N–H and O–H groups in total. The number of ether oxygens (including phenoxy) is 1. The number of benzene rings is 2. The minimum absolute atomic E-state index is 0.0494. The van der Waals surface area contributed by atoms with E-state index in [-0.39, 0.29) is 48.3 Å². The van der Waals surface area contributed by atoms with Gasteiger partial charge in [0.15, 0.2) is 0 Å². The summed E-state index contributed by atoms with van der Waals surface area (Å²) in [5, 5.41) is 0. The molecule has 0 bridgehead atoms. The van der Waals surface area contributed by atoms with Gasteiger partial charge in [0.1, 0.15) is 5.82 Å². The van der Waals surface area contributed by atoms with Crippen LogP contribution in [0.3, 0.4) is 0 Å². The summed E-state index contributed by atoms with van der Waals surface area (Å²) in [7, 11) is -1.44. The Morgan fingerprint density at radius 1 is 1.05 bits per heavy atom. The summed E-state index contributed by atoms with van der Waals surface area (Å²) in [6, 6.07) is 12.5. The monoisotopic (exact) mass is 576 g/mol. The van der Waals surface area contributed by atoms with E-state index in [0.29, 0.717) is 17.8 Å². The Bertz CT molecular complexity index is 1180. The Balaban J connectivity index is 1.54. The predicted octanol–water partition coefficient (Wildman–Crippen LogP) is 4.72. The van der Waals surface area contributed by atoms with E-state index in [1.807, 2.05) is 24.3 Å². The van der Waals surface area contributed by atoms with Gasteiger partial charge in [-0.15, -0.1) is 0 Å². The fourth-order valence-corrected chi connectivity index (χ4v) is 6.94. The number of hydrogen-bond acceptors (Lipinski definition) is 7. The number of likely N-dealkylation sites (N-methyl/N-ethyl adjacent to an activating group) is 1. The molecule has 2 amide bonds. The highest BCUT2D eigenvalue weighted by Crippen LogP contribution is 2.40. The van der Waals surface area contributed by atoms with Gasteiger partial charge in [0, 0.05) is 56.1 Å². The Labute approximate surface area is 237 Å². The second kappa shape index (κ2) is 12.9. The normalized spacial score (nSPS) is 22.5. The molecule has 9 nitrogen and oxygen atoms in total. The molecule has 0 saturated carbocycles. The number of urea groups is 1. The van der Waals surface area contributed by atoms with E-state index >= 15 is 4.39 Å². The largest absolute Gasteiger partial charge is 0.465 e. The van der Waals surface area contributed by atoms with Gasteiger partial charge in [0.25, 0.3) is 0 Å². The maximum atomic E-state index is 15.0. The number of rotatable bonds is 7. The van der Waals surface area contributed by atoms with Crippen LogP contribution in [0.2, 0.25) is 0 Å². The first-order chi connectivity index (χ1) is 19.0. The highest BCUT2D eigenvalue weighted by molar-refractivity contribution is 8.24. The van der Waals surface area contributed by atoms with Crippen LogP contribution in [0.5, 0.6) is 0 Å². The van der Waals surface area contributed by atoms with Gasteiger partial charge < -0.3 is 9.64 Å². The van der Waals surface area contributed by atoms with E-state index in [9.17, 15) is 18.7 Å². The average Bonchev–Trinajstić information content (AvgIpc) is 2.92. The van der Waals surface area contributed by atoms with Gasteiger partial charge >= 0.3 is 12.0 Å². The van der Waals surface area contributed by atoms with Crippen LogP contribution in [0.4, 0.5) is 14.9 Å². The number of piperazine rings is 1. The summed E-state index contributed by atoms with van der Waals surface area (Å²) in [5.41, 5.74) is 2.08. The van der Waals surface area contributed by atoms with Crippen LogP contribution in [0.1, 0.15) is 42.3 Å². The number of carbonyl (C=O) groups is 2. The molecule has 0 aromatic heterocycles. The molecule has 220 valence electrons. The van der Waals surface area contributed by atoms with Gasteiger partial charge in [0.2, 0.25) is 0 Å². The maximum Gasteiger partial charge on any atom is 0.337 e. The number of methoxy groups -OCH3 is 1. The lowest BCUT2D eigenvalue weighted by atomic mass is 10.1. The van der Waals surface area contributed by atoms with Crippen LogP contribution in [-0.2, 0) is 17.8 Å². The van der Waals surface area contributed by atoms with Crippen molar-refractivity contribution in [1.82, 2.24) is 14.7 Å². The van der Waals surface area contributed by atoms with E-state index in [2.05, 4.69) is 35.3 Å². The van der Waals surface area contributed by atoms with Crippen molar-refractivity contribution < 1.29 is 27.8 Å². The Morgan fingerprint density at radius 3 is 2.23 bits per heavy atom. The van der Waals surface area contributed by atoms with E-state index in [1.165, 1.54) is 24.1 Å². The first-order valence-electron chi connectivity index (χ1n) is 13.7. The molecular formula is C29H41FN4O5S. The molecule has 0 radical (unpaired) electrons. The molecule has 2 aromatic carbocycles. The molecule has 2 aromatic rings. The van der Waals surface area contributed by atoms with E-state index < -0.39 is 22.4 Å². The van der Waals surface area contributed by atoms with Crippen LogP contribution in [0.25, 0.3) is 0 Å². The molecule has 2 aliphatic heterocycles. The molecule has 40 heavy (non-hydrogen) atoms. The highest BCUT2D eigenvalue weighted by atomic mass is 32.3. The quantitative estimate of drug-likeness (QED) is 0.461. The third-order valence-electron chi connectivity index (χ3n) is 7.88. The SMILES string of the molecule is CCN1[C@H](C)CN(Cc2ccc(N(Cc3ccc(C(=O)OC)cc3F)C(=O)N3CCS(O)(O)CC3)cc2)C[C@@H]1C. The second-order valence-corrected chi connectivity index (χ2v) is 13.2. The van der Waals surface area contributed by atoms with Crippen molar-refractivity contribution >= 4 is 28.3 Å². The number of carbonyl (C=O) groups excluding carboxylic acids is 2. The van der Waals surface area contributed by atoms with Gasteiger partial charge in [-0.05, 0) is 50.2 Å². The Morgan fingerprint density at radius 2 is 1.68 bits per heavy atom. The molecule has 2 atom stereocenters. The van der Waals surface area contributed by atoms with Crippen LogP contribution in [0, 0.1) is 5.82 Å². The number of hydrogen-bond donors (Lipinski definition) is 2. The number of esters is 1. The fraction of sp³-hybridized carbons (Fsp3) is 0.517. The highest BCUT2D eigenvalue weighted by Gasteiger charge is 2.31. The summed E-state index contributed by atoms with van der Waals surface area (Å²) in [6.07, 6.45) is 0. The first kappa shape index (κ1) is 30.3. The molecule has 2 fully saturated rings. The molecule has 0 spiro atoms. The van der Waals surface area contributed by atoms with Crippen molar-refractivity contribution in [3.05, 3.63) is 65.0 Å². The van der Waals surface area contributed by atoms with E-state index in [1.54, 1.807) is 4.90 Å². The summed E-state index contributed by atoms with van der Waals surface area (Å²) >= 11 is 0. The Kier molecular flexibility index (Phi) is 9.73. The molecule has 2 heterocycles. The number of halogens is 1. The van der Waals surface area contributed by atoms with Gasteiger partial charge in [0.05, 0.1) is 30.7 Å². The van der Waals surface area contributed by atoms with Crippen molar-refractivity contribution in [1.29, 1.82) is 0 Å². The van der Waals surface area contributed by atoms with Crippen molar-refractivity contribution in [3.8, 4) is 0 Å². The number of amides is 2. The van der Waals surface area contributed by atoms with E-state index in [0.717, 1.165) is 37.8 Å². The molecule has 4 rings (SSSR count). The zero-order valence-electron chi connectivity index (χ0n) is 23.8. The van der Waals surface area contributed by atoms with Crippen LogP contribution in [0.15, 0.2) is 42.5 Å². The lowest BCUT2D eigenvalue weighted by Gasteiger charge is -2.44. The van der Waals surface area contributed by atoms with Crippen molar-refractivity contribution in [2.24, 2.45) is 0 Å². The average molecular weight is 577 g/mol. The fourth-order valence-electron chi connectivity index (χ4n) is 5.71. The lowest BCUT2D eigenvalue weighted by molar-refractivity contribution is 0.0392. The number of anilines is 1. The summed E-state index contributed by atoms with van der Waals surface area (Å²) in [5.74, 6) is -1.01. The minimum atomic E-state index is -2.68. The molecule has 2 aliphatic rings. The van der Waals surface area contributed by atoms with Gasteiger partial charge in [-0.2, -0.15) is 10.6 Å². The van der Waals surface area contributed by atoms with Gasteiger partial charge in [-0.25, -0.2) is 14.0 Å². The lowest BCUT2D eigenvalue weighted by Crippen LogP contribution is -2.56. The molecule has 0 unspecified atom stereocenters. The number of nitrogens with zero attached hydrogens (tertiary/aromatic N) is 4. The standard InChI is InChI=1S/C29H41FN4O5S/c1-5-33-21(2)17-31(18-22(33)3)19-23-6-10-26(11-7-23)34(29(36)32-12-14-40(37,38)15-13-32)20-25-9-8-24(16-27(25)30)28(35)39-4/h6-11,16,21-22,37-38H,5,12-15,17-20H2,1-4H3/t21-,22+. The molecular weight excluding hydrogens is 535 g/mol. The summed E-state index contributed by atoms with van der Waals surface area (Å²) in [6.45, 7) is 10.9. The van der Waals surface area contributed by atoms with E-state index in [4.69, 9.17) is 0 Å². The van der Waals surface area contributed by atoms with Crippen molar-refractivity contribution in [3.63, 3.8) is 0 Å². The van der Waals surface area contributed by atoms with Gasteiger partial charge in [-0.1, -0.05) is 25.1 Å². The van der Waals surface area contributed by atoms with Crippen molar-refractivity contribution in [2.75, 3.05) is 56.2 Å². The third kappa shape index (κ3) is 7.13. The molecule has 2 saturated heterocycles. The zero-order chi connectivity index (χ0) is 29.0. The first-order valence-corrected chi connectivity index (χ1v) is 15.6. The minimum Gasteiger partial charge on any atom is -0.465 e. The van der Waals surface area contributed by atoms with Crippen LogP contribution in [-0.4, -0.2) is 99.2 Å². The topological polar surface area (TPSA) is 96.8 Å². The summed E-state index contributed by atoms with van der Waals surface area (Å²) < 4.78 is 39.7. The van der Waals surface area contributed by atoms with Crippen LogP contribution < -0.4 is 4.90 Å². The smallest absolute Gasteiger partial charge is 0.337 e. The third-order valence-corrected chi connectivity index (χ3v) is 9.55. The maximum absolute atomic E-state index is 15.0. The Hall–Kier alpha value is -2.70. The molecule has 0 aliphatic carbocycles. The van der Waals surface area contributed by atoms with Gasteiger partial charge in [-0.3, -0.25) is 23.8 Å². The predicted molar refractivity (Wildman–Crippen MR) is 156 cm³/mol. The zero-order valence-corrected chi connectivity index (χ0v) is 24.6. The molecule has 11 heteroatoms. The van der Waals surface area contributed by atoms with Crippen molar-refractivity contribution in [2.45, 2.75) is 45.9 Å². The second-order valence-electron chi connectivity index (χ2n) is 10.8. The summed E-state index contributed by atoms with van der Waals surface area (Å²) in [4.78, 5) is 33.5. The van der Waals surface area contributed by atoms with Crippen LogP contribution >= 0.6 is 10.6 Å².